The van der Waals surface area contributed by atoms with Gasteiger partial charge in [0.15, 0.2) is 6.10 Å². The van der Waals surface area contributed by atoms with Crippen molar-refractivity contribution in [3.05, 3.63) is 122 Å². The Morgan fingerprint density at radius 3 is 1.53 bits per heavy atom. The second kappa shape index (κ2) is 39.3. The number of ether oxygens (including phenoxy) is 2. The topological polar surface area (TPSA) is 192 Å². The van der Waals surface area contributed by atoms with E-state index < -0.39 is 63.8 Å². The highest BCUT2D eigenvalue weighted by Gasteiger charge is 2.28. The zero-order valence-corrected chi connectivity index (χ0v) is 36.0. The first-order valence-corrected chi connectivity index (χ1v) is 22.2. The quantitative estimate of drug-likeness (QED) is 0.0154. The molecule has 0 radical (unpaired) electrons. The third kappa shape index (κ3) is 39.1. The van der Waals surface area contributed by atoms with E-state index in [9.17, 15) is 28.9 Å². The Morgan fingerprint density at radius 1 is 0.610 bits per heavy atom. The van der Waals surface area contributed by atoms with Crippen molar-refractivity contribution in [1.29, 1.82) is 0 Å². The molecule has 4 atom stereocenters. The number of esters is 2. The van der Waals surface area contributed by atoms with Crippen LogP contribution in [-0.2, 0) is 37.5 Å². The van der Waals surface area contributed by atoms with Gasteiger partial charge >= 0.3 is 25.7 Å². The number of hydrogen-bond donors (Lipinski definition) is 4. The fourth-order valence-corrected chi connectivity index (χ4v) is 5.27. The maximum absolute atomic E-state index is 12.6. The average molecular weight is 844 g/mol. The van der Waals surface area contributed by atoms with Crippen molar-refractivity contribution in [2.75, 3.05) is 19.8 Å². The summed E-state index contributed by atoms with van der Waals surface area (Å²) in [6.45, 7) is 2.20. The Balaban J connectivity index is 4.64. The lowest BCUT2D eigenvalue weighted by molar-refractivity contribution is -0.161. The summed E-state index contributed by atoms with van der Waals surface area (Å²) in [5.74, 6) is -2.58. The molecular weight excluding hydrogens is 773 g/mol. The number of unbranched alkanes of at least 4 members (excludes halogenated alkanes) is 2. The van der Waals surface area contributed by atoms with E-state index >= 15 is 0 Å². The first-order valence-electron chi connectivity index (χ1n) is 20.7. The summed E-state index contributed by atoms with van der Waals surface area (Å²) in [4.78, 5) is 45.9. The molecule has 0 spiro atoms. The van der Waals surface area contributed by atoms with E-state index in [2.05, 4.69) is 84.4 Å². The van der Waals surface area contributed by atoms with E-state index in [0.29, 0.717) is 32.1 Å². The Kier molecular flexibility index (Phi) is 36.5. The van der Waals surface area contributed by atoms with Gasteiger partial charge in [-0.25, -0.2) is 4.57 Å². The number of hydrogen-bond acceptors (Lipinski definition) is 10. The van der Waals surface area contributed by atoms with E-state index in [1.165, 1.54) is 0 Å². The third-order valence-corrected chi connectivity index (χ3v) is 8.81. The van der Waals surface area contributed by atoms with Gasteiger partial charge in [0.2, 0.25) is 0 Å². The molecule has 0 fully saturated rings. The van der Waals surface area contributed by atoms with Gasteiger partial charge in [-0.05, 0) is 83.5 Å². The van der Waals surface area contributed by atoms with Crippen LogP contribution >= 0.6 is 7.82 Å². The largest absolute Gasteiger partial charge is 0.480 e. The van der Waals surface area contributed by atoms with E-state index in [1.807, 2.05) is 49.5 Å². The van der Waals surface area contributed by atoms with Crippen LogP contribution in [-0.4, -0.2) is 71.1 Å². The van der Waals surface area contributed by atoms with Crippen molar-refractivity contribution < 1.29 is 52.6 Å². The molecule has 0 saturated heterocycles. The Hall–Kier alpha value is -4.16. The van der Waals surface area contributed by atoms with Crippen LogP contribution in [0.15, 0.2) is 122 Å². The number of carbonyl (C=O) groups excluding carboxylic acids is 2. The molecule has 0 aromatic rings. The second-order valence-electron chi connectivity index (χ2n) is 13.2. The molecule has 330 valence electrons. The number of rotatable bonds is 36. The van der Waals surface area contributed by atoms with Crippen molar-refractivity contribution in [2.24, 2.45) is 5.73 Å². The van der Waals surface area contributed by atoms with Crippen LogP contribution in [0.2, 0.25) is 0 Å². The minimum atomic E-state index is -4.76. The van der Waals surface area contributed by atoms with Gasteiger partial charge in [0.1, 0.15) is 12.6 Å². The summed E-state index contributed by atoms with van der Waals surface area (Å²) in [7, 11) is -4.76. The minimum absolute atomic E-state index is 0.0485. The maximum atomic E-state index is 12.6. The molecule has 13 heteroatoms. The normalized spacial score (nSPS) is 15.5. The van der Waals surface area contributed by atoms with Crippen LogP contribution < -0.4 is 5.73 Å². The second-order valence-corrected chi connectivity index (χ2v) is 14.7. The number of nitrogens with two attached hydrogens (primary N) is 1. The molecule has 0 heterocycles. The molecule has 0 rings (SSSR count). The molecule has 0 amide bonds. The van der Waals surface area contributed by atoms with Gasteiger partial charge in [-0.15, -0.1) is 0 Å². The SMILES string of the molecule is CC/C=C\C/C=C\C/C=C\C/C=C\C/C=C\CCCC(=O)OC[C@H](COP(=O)(O)OC[C@H](N)C(=O)O)OC(=O)CCC/C=C\C/C=C\C/C=C\C/C=C\C=C\[C@H](O)CC. The molecule has 0 aliphatic rings. The highest BCUT2D eigenvalue weighted by molar-refractivity contribution is 7.47. The molecule has 0 aromatic carbocycles. The summed E-state index contributed by atoms with van der Waals surface area (Å²) >= 11 is 0. The van der Waals surface area contributed by atoms with E-state index in [1.54, 1.807) is 6.08 Å². The van der Waals surface area contributed by atoms with Crippen molar-refractivity contribution in [3.63, 3.8) is 0 Å². The molecule has 0 aromatic heterocycles. The molecule has 0 saturated carbocycles. The van der Waals surface area contributed by atoms with Crippen LogP contribution in [0.1, 0.15) is 110 Å². The van der Waals surface area contributed by atoms with Crippen molar-refractivity contribution >= 4 is 25.7 Å². The Morgan fingerprint density at radius 2 is 1.05 bits per heavy atom. The van der Waals surface area contributed by atoms with Gasteiger partial charge in [-0.1, -0.05) is 135 Å². The predicted octanol–water partition coefficient (Wildman–Crippen LogP) is 9.80. The number of phosphoric acid groups is 1. The number of carbonyl (C=O) groups is 3. The van der Waals surface area contributed by atoms with E-state index in [0.717, 1.165) is 51.4 Å². The highest BCUT2D eigenvalue weighted by atomic mass is 31.2. The molecule has 0 aliphatic carbocycles. The molecule has 5 N–H and O–H groups in total. The van der Waals surface area contributed by atoms with Crippen LogP contribution in [0.3, 0.4) is 0 Å². The fourth-order valence-electron chi connectivity index (χ4n) is 4.50. The highest BCUT2D eigenvalue weighted by Crippen LogP contribution is 2.43. The number of aliphatic hydroxyl groups is 1. The van der Waals surface area contributed by atoms with Crippen LogP contribution in [0.4, 0.5) is 0 Å². The van der Waals surface area contributed by atoms with Crippen molar-refractivity contribution in [2.45, 2.75) is 128 Å². The molecular formula is C46H70NO11P. The standard InChI is InChI=1S/C46H70NO11P/c1-3-5-6-7-8-9-10-11-12-13-14-18-21-24-27-30-33-36-44(49)55-38-42(39-56-59(53,54)57-40-43(47)46(51)52)58-45(50)37-34-31-28-25-22-19-16-15-17-20-23-26-29-32-35-41(48)4-2/h5-6,8-9,11-12,14,16-20,24-29,32,35,41-43,48H,3-4,7,10,13,15,21-23,30-31,33-34,36-40,47H2,1-2H3,(H,51,52)(H,53,54)/b6-5-,9-8-,12-11-,18-14-,19-16-,20-17-,27-24-,28-25-,29-26-,35-32+/t41-,42-,43+/m1/s1. The zero-order valence-electron chi connectivity index (χ0n) is 35.1. The average Bonchev–Trinajstić information content (AvgIpc) is 3.21. The number of carboxylic acid groups (broad SMARTS) is 1. The summed E-state index contributed by atoms with van der Waals surface area (Å²) in [5, 5.41) is 18.4. The van der Waals surface area contributed by atoms with E-state index in [-0.39, 0.29) is 12.8 Å². The lowest BCUT2D eigenvalue weighted by atomic mass is 10.2. The molecule has 0 bridgehead atoms. The minimum Gasteiger partial charge on any atom is -0.480 e. The molecule has 1 unspecified atom stereocenters. The fraction of sp³-hybridized carbons (Fsp3) is 0.500. The van der Waals surface area contributed by atoms with Gasteiger partial charge < -0.3 is 30.3 Å². The summed E-state index contributed by atoms with van der Waals surface area (Å²) < 4.78 is 32.5. The van der Waals surface area contributed by atoms with Crippen molar-refractivity contribution in [1.82, 2.24) is 0 Å². The summed E-state index contributed by atoms with van der Waals surface area (Å²) in [6, 6.07) is -1.55. The van der Waals surface area contributed by atoms with E-state index in [4.69, 9.17) is 24.8 Å². The molecule has 12 nitrogen and oxygen atoms in total. The van der Waals surface area contributed by atoms with Crippen LogP contribution in [0, 0.1) is 0 Å². The lowest BCUT2D eigenvalue weighted by Gasteiger charge is -2.20. The van der Waals surface area contributed by atoms with Crippen LogP contribution in [0.25, 0.3) is 0 Å². The first-order chi connectivity index (χ1) is 28.5. The lowest BCUT2D eigenvalue weighted by Crippen LogP contribution is -2.34. The number of allylic oxidation sites excluding steroid dienone is 19. The van der Waals surface area contributed by atoms with Gasteiger partial charge in [0, 0.05) is 12.8 Å². The Bertz CT molecular complexity index is 1470. The summed E-state index contributed by atoms with van der Waals surface area (Å²) in [6.07, 6.45) is 49.5. The van der Waals surface area contributed by atoms with Gasteiger partial charge in [-0.2, -0.15) is 0 Å². The molecule has 59 heavy (non-hydrogen) atoms. The zero-order chi connectivity index (χ0) is 43.7. The monoisotopic (exact) mass is 843 g/mol. The first kappa shape index (κ1) is 54.8. The predicted molar refractivity (Wildman–Crippen MR) is 236 cm³/mol. The van der Waals surface area contributed by atoms with Gasteiger partial charge in [0.25, 0.3) is 0 Å². The van der Waals surface area contributed by atoms with Gasteiger partial charge in [-0.3, -0.25) is 23.4 Å². The smallest absolute Gasteiger partial charge is 0.472 e. The maximum Gasteiger partial charge on any atom is 0.472 e. The van der Waals surface area contributed by atoms with Gasteiger partial charge in [0.05, 0.1) is 19.3 Å². The van der Waals surface area contributed by atoms with Crippen molar-refractivity contribution in [3.8, 4) is 0 Å². The number of aliphatic hydroxyl groups excluding tert-OH is 1. The summed E-state index contributed by atoms with van der Waals surface area (Å²) in [5.41, 5.74) is 5.32. The Labute approximate surface area is 352 Å². The number of phosphoric ester groups is 1. The third-order valence-electron chi connectivity index (χ3n) is 7.86. The number of aliphatic carboxylic acids is 1. The van der Waals surface area contributed by atoms with Crippen LogP contribution in [0.5, 0.6) is 0 Å². The number of carboxylic acids is 1. The molecule has 0 aliphatic heterocycles.